The highest BCUT2D eigenvalue weighted by molar-refractivity contribution is 5.94. The number of likely N-dealkylation sites (tertiary alicyclic amines) is 1. The number of rotatable bonds is 4. The van der Waals surface area contributed by atoms with Gasteiger partial charge in [0, 0.05) is 5.69 Å². The number of carbonyl (C=O) groups excluding carboxylic acids is 1. The highest BCUT2D eigenvalue weighted by atomic mass is 16.4. The maximum absolute atomic E-state index is 11.9. The third-order valence-electron chi connectivity index (χ3n) is 3.64. The Morgan fingerprint density at radius 3 is 2.70 bits per heavy atom. The van der Waals surface area contributed by atoms with E-state index in [0.717, 1.165) is 31.8 Å². The van der Waals surface area contributed by atoms with E-state index in [9.17, 15) is 9.59 Å². The van der Waals surface area contributed by atoms with Crippen LogP contribution in [0.25, 0.3) is 0 Å². The third-order valence-corrected chi connectivity index (χ3v) is 3.64. The van der Waals surface area contributed by atoms with E-state index in [1.807, 2.05) is 0 Å². The molecule has 2 rings (SSSR count). The smallest absolute Gasteiger partial charge is 0.335 e. The molecule has 5 nitrogen and oxygen atoms in total. The van der Waals surface area contributed by atoms with E-state index in [-0.39, 0.29) is 11.5 Å². The molecule has 1 aromatic carbocycles. The number of carboxylic acid groups (broad SMARTS) is 1. The monoisotopic (exact) mass is 276 g/mol. The minimum absolute atomic E-state index is 0.0953. The fourth-order valence-corrected chi connectivity index (χ4v) is 2.35. The van der Waals surface area contributed by atoms with Gasteiger partial charge in [-0.2, -0.15) is 0 Å². The molecular weight excluding hydrogens is 256 g/mol. The van der Waals surface area contributed by atoms with Crippen LogP contribution in [0.2, 0.25) is 0 Å². The normalized spacial score (nSPS) is 16.9. The number of carboxylic acids is 1. The minimum atomic E-state index is -0.994. The number of anilines is 1. The van der Waals surface area contributed by atoms with Crippen molar-refractivity contribution in [1.82, 2.24) is 4.90 Å². The van der Waals surface area contributed by atoms with Crippen molar-refractivity contribution in [3.05, 3.63) is 29.8 Å². The molecule has 0 spiro atoms. The zero-order valence-corrected chi connectivity index (χ0v) is 11.6. The number of amides is 1. The molecule has 5 heteroatoms. The van der Waals surface area contributed by atoms with Gasteiger partial charge in [-0.25, -0.2) is 4.79 Å². The first kappa shape index (κ1) is 14.5. The highest BCUT2D eigenvalue weighted by Gasteiger charge is 2.18. The number of hydrogen-bond acceptors (Lipinski definition) is 3. The Bertz CT molecular complexity index is 494. The second-order valence-corrected chi connectivity index (χ2v) is 5.39. The molecule has 1 aliphatic heterocycles. The number of benzene rings is 1. The minimum Gasteiger partial charge on any atom is -0.478 e. The predicted octanol–water partition coefficient (Wildman–Crippen LogP) is 2.06. The summed E-state index contributed by atoms with van der Waals surface area (Å²) in [7, 11) is 0. The van der Waals surface area contributed by atoms with Crippen molar-refractivity contribution >= 4 is 17.6 Å². The lowest BCUT2D eigenvalue weighted by Crippen LogP contribution is -2.38. The zero-order chi connectivity index (χ0) is 14.5. The summed E-state index contributed by atoms with van der Waals surface area (Å²) in [6.45, 7) is 4.49. The quantitative estimate of drug-likeness (QED) is 0.883. The maximum atomic E-state index is 11.9. The van der Waals surface area contributed by atoms with Crippen LogP contribution in [0.4, 0.5) is 5.69 Å². The predicted molar refractivity (Wildman–Crippen MR) is 76.9 cm³/mol. The summed E-state index contributed by atoms with van der Waals surface area (Å²) in [4.78, 5) is 24.9. The number of piperidine rings is 1. The average molecular weight is 276 g/mol. The summed E-state index contributed by atoms with van der Waals surface area (Å²) in [5, 5.41) is 11.7. The Morgan fingerprint density at radius 2 is 2.05 bits per heavy atom. The van der Waals surface area contributed by atoms with Crippen LogP contribution in [0, 0.1) is 5.92 Å². The van der Waals surface area contributed by atoms with Gasteiger partial charge in [-0.1, -0.05) is 13.0 Å². The molecule has 108 valence electrons. The molecule has 0 aromatic heterocycles. The first-order chi connectivity index (χ1) is 9.54. The van der Waals surface area contributed by atoms with Crippen LogP contribution >= 0.6 is 0 Å². The molecule has 0 saturated carbocycles. The van der Waals surface area contributed by atoms with Crippen molar-refractivity contribution in [3.63, 3.8) is 0 Å². The fraction of sp³-hybridized carbons (Fsp3) is 0.467. The lowest BCUT2D eigenvalue weighted by molar-refractivity contribution is -0.117. The number of aromatic carboxylic acids is 1. The first-order valence-corrected chi connectivity index (χ1v) is 6.90. The van der Waals surface area contributed by atoms with Crippen LogP contribution < -0.4 is 5.32 Å². The molecule has 2 N–H and O–H groups in total. The van der Waals surface area contributed by atoms with E-state index >= 15 is 0 Å². The Morgan fingerprint density at radius 1 is 1.35 bits per heavy atom. The van der Waals surface area contributed by atoms with Crippen molar-refractivity contribution in [3.8, 4) is 0 Å². The molecule has 1 aliphatic rings. The zero-order valence-electron chi connectivity index (χ0n) is 11.6. The van der Waals surface area contributed by atoms with Gasteiger partial charge in [0.2, 0.25) is 5.91 Å². The van der Waals surface area contributed by atoms with Crippen LogP contribution in [0.5, 0.6) is 0 Å². The summed E-state index contributed by atoms with van der Waals surface area (Å²) >= 11 is 0. The number of hydrogen-bond donors (Lipinski definition) is 2. The van der Waals surface area contributed by atoms with Gasteiger partial charge < -0.3 is 10.4 Å². The van der Waals surface area contributed by atoms with Gasteiger partial charge in [-0.05, 0) is 50.0 Å². The molecule has 1 saturated heterocycles. The Hall–Kier alpha value is -1.88. The summed E-state index contributed by atoms with van der Waals surface area (Å²) in [6, 6.07) is 6.30. The van der Waals surface area contributed by atoms with Gasteiger partial charge >= 0.3 is 5.97 Å². The van der Waals surface area contributed by atoms with Gasteiger partial charge in [-0.15, -0.1) is 0 Å². The van der Waals surface area contributed by atoms with Crippen LogP contribution in [0.1, 0.15) is 30.1 Å². The van der Waals surface area contributed by atoms with E-state index < -0.39 is 5.97 Å². The van der Waals surface area contributed by atoms with E-state index in [1.165, 1.54) is 12.1 Å². The van der Waals surface area contributed by atoms with Crippen LogP contribution in [-0.4, -0.2) is 41.5 Å². The molecule has 1 aromatic rings. The molecule has 1 fully saturated rings. The number of carbonyl (C=O) groups is 2. The topological polar surface area (TPSA) is 69.6 Å². The molecule has 1 amide bonds. The fourth-order valence-electron chi connectivity index (χ4n) is 2.35. The third kappa shape index (κ3) is 4.06. The van der Waals surface area contributed by atoms with Crippen LogP contribution in [-0.2, 0) is 4.79 Å². The van der Waals surface area contributed by atoms with Crippen molar-refractivity contribution in [2.45, 2.75) is 19.8 Å². The lowest BCUT2D eigenvalue weighted by Gasteiger charge is -2.29. The van der Waals surface area contributed by atoms with E-state index in [1.54, 1.807) is 12.1 Å². The molecule has 0 aliphatic carbocycles. The van der Waals surface area contributed by atoms with E-state index in [4.69, 9.17) is 5.11 Å². The van der Waals surface area contributed by atoms with E-state index in [0.29, 0.717) is 12.2 Å². The molecule has 0 bridgehead atoms. The van der Waals surface area contributed by atoms with Crippen molar-refractivity contribution in [1.29, 1.82) is 0 Å². The van der Waals surface area contributed by atoms with Crippen molar-refractivity contribution < 1.29 is 14.7 Å². The first-order valence-electron chi connectivity index (χ1n) is 6.90. The van der Waals surface area contributed by atoms with Gasteiger partial charge in [0.25, 0.3) is 0 Å². The molecular formula is C15H20N2O3. The Labute approximate surface area is 118 Å². The molecule has 0 radical (unpaired) electrons. The van der Waals surface area contributed by atoms with Gasteiger partial charge in [0.05, 0.1) is 12.1 Å². The van der Waals surface area contributed by atoms with Crippen molar-refractivity contribution in [2.75, 3.05) is 25.0 Å². The van der Waals surface area contributed by atoms with Crippen LogP contribution in [0.3, 0.4) is 0 Å². The summed E-state index contributed by atoms with van der Waals surface area (Å²) in [5.74, 6) is -0.352. The lowest BCUT2D eigenvalue weighted by atomic mass is 9.99. The largest absolute Gasteiger partial charge is 0.478 e. The SMILES string of the molecule is CC1CCN(CC(=O)Nc2cccc(C(=O)O)c2)CC1. The van der Waals surface area contributed by atoms with Crippen LogP contribution in [0.15, 0.2) is 24.3 Å². The van der Waals surface area contributed by atoms with Gasteiger partial charge in [0.15, 0.2) is 0 Å². The maximum Gasteiger partial charge on any atom is 0.335 e. The molecule has 20 heavy (non-hydrogen) atoms. The molecule has 1 heterocycles. The Balaban J connectivity index is 1.88. The second-order valence-electron chi connectivity index (χ2n) is 5.39. The Kier molecular flexibility index (Phi) is 4.74. The summed E-state index contributed by atoms with van der Waals surface area (Å²) in [6.07, 6.45) is 2.25. The summed E-state index contributed by atoms with van der Waals surface area (Å²) in [5.41, 5.74) is 0.704. The van der Waals surface area contributed by atoms with Crippen molar-refractivity contribution in [2.24, 2.45) is 5.92 Å². The molecule has 0 unspecified atom stereocenters. The van der Waals surface area contributed by atoms with Gasteiger partial charge in [0.1, 0.15) is 0 Å². The highest BCUT2D eigenvalue weighted by Crippen LogP contribution is 2.16. The standard InChI is InChI=1S/C15H20N2O3/c1-11-5-7-17(8-6-11)10-14(18)16-13-4-2-3-12(9-13)15(19)20/h2-4,9,11H,5-8,10H2,1H3,(H,16,18)(H,19,20). The molecule has 0 atom stereocenters. The second kappa shape index (κ2) is 6.52. The summed E-state index contributed by atoms with van der Waals surface area (Å²) < 4.78 is 0. The van der Waals surface area contributed by atoms with Gasteiger partial charge in [-0.3, -0.25) is 9.69 Å². The number of nitrogens with one attached hydrogen (secondary N) is 1. The van der Waals surface area contributed by atoms with E-state index in [2.05, 4.69) is 17.1 Å². The average Bonchev–Trinajstić information content (AvgIpc) is 2.41. The number of nitrogens with zero attached hydrogens (tertiary/aromatic N) is 1.